The van der Waals surface area contributed by atoms with E-state index in [0.717, 1.165) is 18.4 Å². The van der Waals surface area contributed by atoms with Crippen molar-refractivity contribution in [3.63, 3.8) is 0 Å². The van der Waals surface area contributed by atoms with Crippen molar-refractivity contribution in [2.75, 3.05) is 0 Å². The highest BCUT2D eigenvalue weighted by Crippen LogP contribution is 2.39. The molecule has 1 aliphatic carbocycles. The molecule has 1 aromatic heterocycles. The van der Waals surface area contributed by atoms with E-state index in [0.29, 0.717) is 10.3 Å². The minimum atomic E-state index is -0.201. The van der Waals surface area contributed by atoms with Crippen LogP contribution in [0.25, 0.3) is 0 Å². The van der Waals surface area contributed by atoms with Crippen molar-refractivity contribution in [2.45, 2.75) is 24.9 Å². The summed E-state index contributed by atoms with van der Waals surface area (Å²) < 4.78 is 0. The molecule has 1 N–H and O–H groups in total. The first kappa shape index (κ1) is 9.19. The molecule has 1 aliphatic rings. The van der Waals surface area contributed by atoms with E-state index in [4.69, 9.17) is 28.3 Å². The van der Waals surface area contributed by atoms with Gasteiger partial charge in [-0.1, -0.05) is 23.2 Å². The Morgan fingerprint density at radius 2 is 2.00 bits per heavy atom. The minimum Gasteiger partial charge on any atom is -0.393 e. The van der Waals surface area contributed by atoms with Crippen LogP contribution in [-0.2, 0) is 0 Å². The summed E-state index contributed by atoms with van der Waals surface area (Å²) in [4.78, 5) is 0. The highest BCUT2D eigenvalue weighted by Gasteiger charge is 2.30. The molecule has 3 nitrogen and oxygen atoms in total. The van der Waals surface area contributed by atoms with Crippen molar-refractivity contribution in [3.8, 4) is 0 Å². The molecule has 0 spiro atoms. The van der Waals surface area contributed by atoms with E-state index in [1.165, 1.54) is 0 Å². The zero-order valence-electron chi connectivity index (χ0n) is 6.74. The van der Waals surface area contributed by atoms with E-state index in [-0.39, 0.29) is 12.0 Å². The summed E-state index contributed by atoms with van der Waals surface area (Å²) in [6.45, 7) is 0. The smallest absolute Gasteiger partial charge is 0.155 e. The Bertz CT molecular complexity index is 326. The lowest BCUT2D eigenvalue weighted by Crippen LogP contribution is -2.26. The van der Waals surface area contributed by atoms with Crippen LogP contribution in [-0.4, -0.2) is 21.4 Å². The molecule has 5 heteroatoms. The average Bonchev–Trinajstić information content (AvgIpc) is 2.04. The fourth-order valence-corrected chi connectivity index (χ4v) is 1.90. The first-order valence-corrected chi connectivity index (χ1v) is 4.79. The highest BCUT2D eigenvalue weighted by molar-refractivity contribution is 6.31. The van der Waals surface area contributed by atoms with Crippen molar-refractivity contribution in [1.82, 2.24) is 10.2 Å². The Balaban J connectivity index is 2.24. The van der Waals surface area contributed by atoms with Crippen LogP contribution >= 0.6 is 23.2 Å². The van der Waals surface area contributed by atoms with Crippen LogP contribution in [0.2, 0.25) is 10.3 Å². The maximum atomic E-state index is 9.13. The number of aromatic nitrogens is 2. The normalized spacial score (nSPS) is 27.0. The van der Waals surface area contributed by atoms with E-state index in [9.17, 15) is 0 Å². The van der Waals surface area contributed by atoms with Gasteiger partial charge in [0, 0.05) is 0 Å². The Morgan fingerprint density at radius 1 is 1.31 bits per heavy atom. The van der Waals surface area contributed by atoms with Crippen LogP contribution in [0, 0.1) is 0 Å². The second-order valence-corrected chi connectivity index (χ2v) is 3.98. The second-order valence-electron chi connectivity index (χ2n) is 3.24. The van der Waals surface area contributed by atoms with Gasteiger partial charge in [0.15, 0.2) is 10.3 Å². The molecule has 0 bridgehead atoms. The molecular weight excluding hydrogens is 211 g/mol. The number of aliphatic hydroxyl groups excluding tert-OH is 1. The summed E-state index contributed by atoms with van der Waals surface area (Å²) in [7, 11) is 0. The molecule has 1 heterocycles. The number of halogens is 2. The monoisotopic (exact) mass is 218 g/mol. The maximum absolute atomic E-state index is 9.13. The van der Waals surface area contributed by atoms with Crippen molar-refractivity contribution in [1.29, 1.82) is 0 Å². The van der Waals surface area contributed by atoms with E-state index in [1.54, 1.807) is 6.07 Å². The lowest BCUT2D eigenvalue weighted by molar-refractivity contribution is 0.0745. The van der Waals surface area contributed by atoms with Gasteiger partial charge in [0.1, 0.15) is 0 Å². The number of hydrogen-bond acceptors (Lipinski definition) is 3. The standard InChI is InChI=1S/C8H8Cl2N2O/c9-7-3-6(8(10)12-11-7)4-1-5(13)2-4/h3-5,13H,1-2H2. The van der Waals surface area contributed by atoms with Gasteiger partial charge in [-0.2, -0.15) is 0 Å². The molecule has 0 saturated heterocycles. The van der Waals surface area contributed by atoms with Gasteiger partial charge in [0.2, 0.25) is 0 Å². The summed E-state index contributed by atoms with van der Waals surface area (Å²) in [5, 5.41) is 17.2. The average molecular weight is 219 g/mol. The van der Waals surface area contributed by atoms with Crippen molar-refractivity contribution in [2.24, 2.45) is 0 Å². The molecule has 2 rings (SSSR count). The largest absolute Gasteiger partial charge is 0.393 e. The lowest BCUT2D eigenvalue weighted by Gasteiger charge is -2.31. The van der Waals surface area contributed by atoms with E-state index < -0.39 is 0 Å². The van der Waals surface area contributed by atoms with Gasteiger partial charge in [0.05, 0.1) is 6.10 Å². The quantitative estimate of drug-likeness (QED) is 0.785. The fourth-order valence-electron chi connectivity index (χ4n) is 1.49. The number of hydrogen-bond donors (Lipinski definition) is 1. The third kappa shape index (κ3) is 1.77. The summed E-state index contributed by atoms with van der Waals surface area (Å²) in [5.74, 6) is 0.287. The molecule has 1 aromatic rings. The molecule has 0 atom stereocenters. The molecular formula is C8H8Cl2N2O. The zero-order chi connectivity index (χ0) is 9.42. The van der Waals surface area contributed by atoms with E-state index >= 15 is 0 Å². The van der Waals surface area contributed by atoms with Gasteiger partial charge < -0.3 is 5.11 Å². The maximum Gasteiger partial charge on any atom is 0.155 e. The summed E-state index contributed by atoms with van der Waals surface area (Å²) in [5.41, 5.74) is 0.895. The Morgan fingerprint density at radius 3 is 2.62 bits per heavy atom. The predicted molar refractivity (Wildman–Crippen MR) is 50.0 cm³/mol. The van der Waals surface area contributed by atoms with Gasteiger partial charge in [-0.25, -0.2) is 0 Å². The van der Waals surface area contributed by atoms with Gasteiger partial charge in [-0.05, 0) is 30.4 Å². The molecule has 0 aliphatic heterocycles. The number of aliphatic hydroxyl groups is 1. The van der Waals surface area contributed by atoms with Crippen molar-refractivity contribution >= 4 is 23.2 Å². The fraction of sp³-hybridized carbons (Fsp3) is 0.500. The van der Waals surface area contributed by atoms with Gasteiger partial charge in [-0.15, -0.1) is 10.2 Å². The minimum absolute atomic E-state index is 0.201. The van der Waals surface area contributed by atoms with E-state index in [2.05, 4.69) is 10.2 Å². The van der Waals surface area contributed by atoms with Crippen LogP contribution in [0.5, 0.6) is 0 Å². The summed E-state index contributed by atoms with van der Waals surface area (Å²) in [6.07, 6.45) is 1.27. The van der Waals surface area contributed by atoms with Crippen LogP contribution in [0.1, 0.15) is 24.3 Å². The Hall–Kier alpha value is -0.380. The molecule has 0 unspecified atom stereocenters. The molecule has 13 heavy (non-hydrogen) atoms. The molecule has 70 valence electrons. The van der Waals surface area contributed by atoms with Crippen LogP contribution in [0.15, 0.2) is 6.07 Å². The SMILES string of the molecule is OC1CC(c2cc(Cl)nnc2Cl)C1. The molecule has 1 saturated carbocycles. The molecule has 1 fully saturated rings. The third-order valence-corrected chi connectivity index (χ3v) is 2.78. The van der Waals surface area contributed by atoms with Crippen molar-refractivity contribution < 1.29 is 5.11 Å². The topological polar surface area (TPSA) is 46.0 Å². The van der Waals surface area contributed by atoms with Crippen LogP contribution < -0.4 is 0 Å². The Labute approximate surface area is 85.7 Å². The van der Waals surface area contributed by atoms with Crippen molar-refractivity contribution in [3.05, 3.63) is 21.9 Å². The van der Waals surface area contributed by atoms with E-state index in [1.807, 2.05) is 0 Å². The number of rotatable bonds is 1. The first-order chi connectivity index (χ1) is 6.16. The molecule has 0 radical (unpaired) electrons. The molecule has 0 aromatic carbocycles. The Kier molecular flexibility index (Phi) is 2.41. The lowest BCUT2D eigenvalue weighted by atomic mass is 9.78. The first-order valence-electron chi connectivity index (χ1n) is 4.03. The van der Waals surface area contributed by atoms with Crippen LogP contribution in [0.4, 0.5) is 0 Å². The number of nitrogens with zero attached hydrogens (tertiary/aromatic N) is 2. The van der Waals surface area contributed by atoms with Gasteiger partial charge in [0.25, 0.3) is 0 Å². The van der Waals surface area contributed by atoms with Gasteiger partial charge >= 0.3 is 0 Å². The summed E-state index contributed by atoms with van der Waals surface area (Å²) >= 11 is 11.5. The third-order valence-electron chi connectivity index (χ3n) is 2.30. The summed E-state index contributed by atoms with van der Waals surface area (Å²) in [6, 6.07) is 1.72. The zero-order valence-corrected chi connectivity index (χ0v) is 8.26. The predicted octanol–water partition coefficient (Wildman–Crippen LogP) is 2.02. The molecule has 0 amide bonds. The van der Waals surface area contributed by atoms with Crippen LogP contribution in [0.3, 0.4) is 0 Å². The second kappa shape index (κ2) is 3.40. The van der Waals surface area contributed by atoms with Gasteiger partial charge in [-0.3, -0.25) is 0 Å². The highest BCUT2D eigenvalue weighted by atomic mass is 35.5.